The third kappa shape index (κ3) is 6.42. The first kappa shape index (κ1) is 21.0. The largest absolute Gasteiger partial charge is 0.452 e. The molecule has 7 nitrogen and oxygen atoms in total. The molecule has 0 spiro atoms. The van der Waals surface area contributed by atoms with Gasteiger partial charge in [-0.15, -0.1) is 11.8 Å². The quantitative estimate of drug-likeness (QED) is 0.300. The van der Waals surface area contributed by atoms with E-state index in [1.54, 1.807) is 24.3 Å². The number of anilines is 1. The monoisotopic (exact) mass is 428 g/mol. The predicted molar refractivity (Wildman–Crippen MR) is 104 cm³/mol. The van der Waals surface area contributed by atoms with Crippen molar-refractivity contribution in [2.45, 2.75) is 17.9 Å². The number of ether oxygens (including phenoxy) is 1. The second-order valence-electron chi connectivity index (χ2n) is 5.29. The maximum Gasteiger partial charge on any atom is 0.317 e. The van der Waals surface area contributed by atoms with Crippen molar-refractivity contribution in [2.24, 2.45) is 0 Å². The van der Waals surface area contributed by atoms with Gasteiger partial charge in [0.2, 0.25) is 0 Å². The average Bonchev–Trinajstić information content (AvgIpc) is 2.62. The number of thioether (sulfide) groups is 1. The molecule has 10 heteroatoms. The molecule has 0 aromatic heterocycles. The molecule has 27 heavy (non-hydrogen) atoms. The van der Waals surface area contributed by atoms with Crippen molar-refractivity contribution in [2.75, 3.05) is 11.1 Å². The van der Waals surface area contributed by atoms with E-state index in [-0.39, 0.29) is 22.2 Å². The van der Waals surface area contributed by atoms with Crippen LogP contribution in [0.3, 0.4) is 0 Å². The zero-order valence-corrected chi connectivity index (χ0v) is 16.3. The predicted octanol–water partition coefficient (Wildman–Crippen LogP) is 4.56. The number of carbonyl (C=O) groups is 2. The lowest BCUT2D eigenvalue weighted by Gasteiger charge is -2.14. The molecule has 0 radical (unpaired) electrons. The molecule has 2 aromatic rings. The van der Waals surface area contributed by atoms with Crippen molar-refractivity contribution in [3.63, 3.8) is 0 Å². The Balaban J connectivity index is 1.86. The molecular formula is C17H14Cl2N2O5S. The molecule has 0 saturated carbocycles. The number of nitro groups is 1. The zero-order valence-electron chi connectivity index (χ0n) is 14.0. The number of hydrogen-bond donors (Lipinski definition) is 1. The van der Waals surface area contributed by atoms with Gasteiger partial charge in [-0.1, -0.05) is 23.2 Å². The lowest BCUT2D eigenvalue weighted by atomic mass is 10.2. The Morgan fingerprint density at radius 3 is 2.48 bits per heavy atom. The van der Waals surface area contributed by atoms with Gasteiger partial charge in [-0.3, -0.25) is 19.7 Å². The van der Waals surface area contributed by atoms with E-state index in [0.29, 0.717) is 5.02 Å². The second-order valence-corrected chi connectivity index (χ2v) is 7.18. The van der Waals surface area contributed by atoms with E-state index in [0.717, 1.165) is 11.0 Å². The van der Waals surface area contributed by atoms with Gasteiger partial charge in [0.15, 0.2) is 6.10 Å². The van der Waals surface area contributed by atoms with Crippen LogP contribution in [0.15, 0.2) is 47.4 Å². The van der Waals surface area contributed by atoms with E-state index >= 15 is 0 Å². The Kier molecular flexibility index (Phi) is 7.46. The number of esters is 1. The van der Waals surface area contributed by atoms with E-state index in [1.807, 2.05) is 0 Å². The number of carbonyl (C=O) groups excluding carboxylic acids is 2. The minimum atomic E-state index is -1.06. The van der Waals surface area contributed by atoms with Gasteiger partial charge in [0.25, 0.3) is 11.6 Å². The summed E-state index contributed by atoms with van der Waals surface area (Å²) in [6, 6.07) is 10.6. The molecule has 0 saturated heterocycles. The van der Waals surface area contributed by atoms with E-state index in [2.05, 4.69) is 5.32 Å². The lowest BCUT2D eigenvalue weighted by Crippen LogP contribution is -2.30. The lowest BCUT2D eigenvalue weighted by molar-refractivity contribution is -0.384. The fraction of sp³-hybridized carbons (Fsp3) is 0.176. The summed E-state index contributed by atoms with van der Waals surface area (Å²) in [6.45, 7) is 1.42. The first-order valence-electron chi connectivity index (χ1n) is 7.59. The van der Waals surface area contributed by atoms with Crippen molar-refractivity contribution in [3.05, 3.63) is 62.6 Å². The minimum Gasteiger partial charge on any atom is -0.452 e. The number of amides is 1. The van der Waals surface area contributed by atoms with Crippen LogP contribution in [-0.2, 0) is 14.3 Å². The number of nitrogens with zero attached hydrogens (tertiary/aromatic N) is 1. The number of benzene rings is 2. The molecule has 0 aliphatic rings. The van der Waals surface area contributed by atoms with Gasteiger partial charge in [0, 0.05) is 22.1 Å². The van der Waals surface area contributed by atoms with Crippen molar-refractivity contribution in [1.29, 1.82) is 0 Å². The number of hydrogen-bond acceptors (Lipinski definition) is 6. The van der Waals surface area contributed by atoms with Crippen molar-refractivity contribution in [1.82, 2.24) is 0 Å². The van der Waals surface area contributed by atoms with Crippen LogP contribution in [0.4, 0.5) is 11.4 Å². The van der Waals surface area contributed by atoms with Crippen molar-refractivity contribution < 1.29 is 19.2 Å². The van der Waals surface area contributed by atoms with Gasteiger partial charge in [-0.2, -0.15) is 0 Å². The third-order valence-electron chi connectivity index (χ3n) is 3.27. The van der Waals surface area contributed by atoms with Gasteiger partial charge >= 0.3 is 5.97 Å². The van der Waals surface area contributed by atoms with Crippen LogP contribution in [0.25, 0.3) is 0 Å². The normalized spacial score (nSPS) is 11.5. The van der Waals surface area contributed by atoms with Crippen molar-refractivity contribution >= 4 is 58.2 Å². The second kappa shape index (κ2) is 9.59. The number of nitrogens with one attached hydrogen (secondary N) is 1. The van der Waals surface area contributed by atoms with Crippen LogP contribution in [0.2, 0.25) is 10.0 Å². The SMILES string of the molecule is CC(OC(=O)CSc1ccc(Cl)cc1)C(=O)Nc1ccc([N+](=O)[O-])cc1Cl. The Labute approximate surface area is 169 Å². The molecule has 0 fully saturated rings. The third-order valence-corrected chi connectivity index (χ3v) is 4.82. The summed E-state index contributed by atoms with van der Waals surface area (Å²) >= 11 is 13.0. The fourth-order valence-electron chi connectivity index (χ4n) is 1.91. The summed E-state index contributed by atoms with van der Waals surface area (Å²) in [5.74, 6) is -1.14. The molecule has 0 heterocycles. The van der Waals surface area contributed by atoms with E-state index < -0.39 is 22.9 Å². The van der Waals surface area contributed by atoms with Crippen LogP contribution >= 0.6 is 35.0 Å². The number of non-ortho nitro benzene ring substituents is 1. The van der Waals surface area contributed by atoms with Crippen LogP contribution in [-0.4, -0.2) is 28.7 Å². The summed E-state index contributed by atoms with van der Waals surface area (Å²) in [6.07, 6.45) is -1.06. The summed E-state index contributed by atoms with van der Waals surface area (Å²) in [7, 11) is 0. The highest BCUT2D eigenvalue weighted by molar-refractivity contribution is 8.00. The highest BCUT2D eigenvalue weighted by atomic mass is 35.5. The Bertz CT molecular complexity index is 861. The van der Waals surface area contributed by atoms with Gasteiger partial charge in [-0.25, -0.2) is 0 Å². The van der Waals surface area contributed by atoms with Gasteiger partial charge in [-0.05, 0) is 37.3 Å². The maximum atomic E-state index is 12.1. The molecule has 0 bridgehead atoms. The highest BCUT2D eigenvalue weighted by Crippen LogP contribution is 2.27. The molecule has 1 atom stereocenters. The highest BCUT2D eigenvalue weighted by Gasteiger charge is 2.20. The molecule has 1 N–H and O–H groups in total. The van der Waals surface area contributed by atoms with E-state index in [9.17, 15) is 19.7 Å². The molecule has 2 rings (SSSR count). The summed E-state index contributed by atoms with van der Waals surface area (Å²) in [5, 5.41) is 13.8. The zero-order chi connectivity index (χ0) is 20.0. The Morgan fingerprint density at radius 2 is 1.89 bits per heavy atom. The van der Waals surface area contributed by atoms with Gasteiger partial charge < -0.3 is 10.1 Å². The standard InChI is InChI=1S/C17H14Cl2N2O5S/c1-10(26-16(22)9-27-13-5-2-11(18)3-6-13)17(23)20-15-7-4-12(21(24)25)8-14(15)19/h2-8,10H,9H2,1H3,(H,20,23). The van der Waals surface area contributed by atoms with E-state index in [1.165, 1.54) is 30.8 Å². The Morgan fingerprint density at radius 1 is 1.22 bits per heavy atom. The number of nitro benzene ring substituents is 1. The molecule has 0 aliphatic carbocycles. The summed E-state index contributed by atoms with van der Waals surface area (Å²) in [5.41, 5.74) is -0.0117. The smallest absolute Gasteiger partial charge is 0.317 e. The van der Waals surface area contributed by atoms with Crippen LogP contribution < -0.4 is 5.32 Å². The first-order valence-corrected chi connectivity index (χ1v) is 9.33. The minimum absolute atomic E-state index is 0.00868. The van der Waals surface area contributed by atoms with Crippen LogP contribution in [0.1, 0.15) is 6.92 Å². The summed E-state index contributed by atoms with van der Waals surface area (Å²) in [4.78, 5) is 34.9. The molecule has 142 valence electrons. The molecule has 2 aromatic carbocycles. The summed E-state index contributed by atoms with van der Waals surface area (Å²) < 4.78 is 5.08. The van der Waals surface area contributed by atoms with Crippen molar-refractivity contribution in [3.8, 4) is 0 Å². The fourth-order valence-corrected chi connectivity index (χ4v) is 2.94. The van der Waals surface area contributed by atoms with Crippen LogP contribution in [0.5, 0.6) is 0 Å². The Hall–Kier alpha value is -2.29. The van der Waals surface area contributed by atoms with Gasteiger partial charge in [0.05, 0.1) is 21.4 Å². The molecule has 1 amide bonds. The average molecular weight is 429 g/mol. The maximum absolute atomic E-state index is 12.1. The van der Waals surface area contributed by atoms with E-state index in [4.69, 9.17) is 27.9 Å². The molecular weight excluding hydrogens is 415 g/mol. The molecule has 1 unspecified atom stereocenters. The van der Waals surface area contributed by atoms with Crippen LogP contribution in [0, 0.1) is 10.1 Å². The first-order chi connectivity index (χ1) is 12.8. The molecule has 0 aliphatic heterocycles. The van der Waals surface area contributed by atoms with Gasteiger partial charge in [0.1, 0.15) is 0 Å². The topological polar surface area (TPSA) is 98.5 Å². The number of halogens is 2. The number of rotatable bonds is 7.